The van der Waals surface area contributed by atoms with Gasteiger partial charge in [0.15, 0.2) is 0 Å². The second kappa shape index (κ2) is 8.80. The van der Waals surface area contributed by atoms with Gasteiger partial charge < -0.3 is 9.15 Å². The van der Waals surface area contributed by atoms with Gasteiger partial charge in [-0.2, -0.15) is 5.26 Å². The van der Waals surface area contributed by atoms with Gasteiger partial charge in [-0.25, -0.2) is 4.79 Å². The number of carbonyl (C=O) groups excluding carboxylic acids is 3. The van der Waals surface area contributed by atoms with E-state index in [1.165, 1.54) is 13.0 Å². The third kappa shape index (κ3) is 4.19. The molecule has 2 amide bonds. The quantitative estimate of drug-likeness (QED) is 0.440. The fraction of sp³-hybridized carbons (Fsp3) is 0.182. The molecule has 0 unspecified atom stereocenters. The lowest BCUT2D eigenvalue weighted by Crippen LogP contribution is -2.37. The van der Waals surface area contributed by atoms with E-state index < -0.39 is 17.8 Å². The molecule has 0 aliphatic carbocycles. The van der Waals surface area contributed by atoms with Crippen LogP contribution in [0.5, 0.6) is 0 Å². The van der Waals surface area contributed by atoms with Gasteiger partial charge in [0.25, 0.3) is 11.8 Å². The molecule has 1 N–H and O–H groups in total. The molecule has 152 valence electrons. The zero-order valence-electron chi connectivity index (χ0n) is 16.2. The highest BCUT2D eigenvalue weighted by molar-refractivity contribution is 6.33. The molecule has 3 rings (SSSR count). The van der Waals surface area contributed by atoms with Crippen LogP contribution in [0.4, 0.5) is 0 Å². The number of ether oxygens (including phenoxy) is 1. The molecular weight excluding hydrogens is 408 g/mol. The number of hydrogen-bond acceptors (Lipinski definition) is 6. The molecule has 0 bridgehead atoms. The molecule has 0 saturated carbocycles. The zero-order chi connectivity index (χ0) is 21.8. The van der Waals surface area contributed by atoms with Crippen LogP contribution in [-0.4, -0.2) is 24.4 Å². The van der Waals surface area contributed by atoms with Crippen molar-refractivity contribution in [3.63, 3.8) is 0 Å². The Morgan fingerprint density at radius 3 is 2.73 bits per heavy atom. The largest absolute Gasteiger partial charge is 0.462 e. The van der Waals surface area contributed by atoms with Crippen molar-refractivity contribution in [3.05, 3.63) is 63.4 Å². The fourth-order valence-electron chi connectivity index (χ4n) is 2.85. The van der Waals surface area contributed by atoms with Crippen LogP contribution in [0, 0.1) is 11.3 Å². The van der Waals surface area contributed by atoms with Crippen molar-refractivity contribution < 1.29 is 23.5 Å². The number of esters is 1. The Morgan fingerprint density at radius 2 is 2.03 bits per heavy atom. The van der Waals surface area contributed by atoms with Crippen LogP contribution in [0.1, 0.15) is 36.4 Å². The maximum absolute atomic E-state index is 12.2. The summed E-state index contributed by atoms with van der Waals surface area (Å²) < 4.78 is 10.9. The van der Waals surface area contributed by atoms with Crippen molar-refractivity contribution in [3.8, 4) is 17.4 Å². The average molecular weight is 425 g/mol. The summed E-state index contributed by atoms with van der Waals surface area (Å²) in [5, 5.41) is 11.5. The van der Waals surface area contributed by atoms with Gasteiger partial charge in [0.2, 0.25) is 0 Å². The SMILES string of the molecule is CCCOC(=O)c1cc(-c2ccc(/C=C3\C(=O)NC(=O)C(C#N)=C3C)o2)ccc1Cl. The molecule has 8 heteroatoms. The second-order valence-corrected chi connectivity index (χ2v) is 6.89. The molecule has 7 nitrogen and oxygen atoms in total. The smallest absolute Gasteiger partial charge is 0.339 e. The van der Waals surface area contributed by atoms with Crippen molar-refractivity contribution in [1.82, 2.24) is 5.32 Å². The highest BCUT2D eigenvalue weighted by atomic mass is 35.5. The van der Waals surface area contributed by atoms with Gasteiger partial charge in [0.1, 0.15) is 23.2 Å². The van der Waals surface area contributed by atoms with Gasteiger partial charge in [-0.1, -0.05) is 18.5 Å². The highest BCUT2D eigenvalue weighted by Gasteiger charge is 2.27. The summed E-state index contributed by atoms with van der Waals surface area (Å²) in [5.74, 6) is -1.07. The Balaban J connectivity index is 1.94. The molecule has 0 spiro atoms. The molecule has 30 heavy (non-hydrogen) atoms. The molecule has 1 aromatic carbocycles. The number of halogens is 1. The molecule has 2 heterocycles. The van der Waals surface area contributed by atoms with Gasteiger partial charge in [-0.05, 0) is 55.3 Å². The molecule has 1 aliphatic heterocycles. The summed E-state index contributed by atoms with van der Waals surface area (Å²) in [6.45, 7) is 3.71. The molecule has 1 aliphatic rings. The number of amides is 2. The van der Waals surface area contributed by atoms with E-state index in [0.717, 1.165) is 0 Å². The maximum atomic E-state index is 12.2. The van der Waals surface area contributed by atoms with Gasteiger partial charge >= 0.3 is 5.97 Å². The number of nitriles is 1. The van der Waals surface area contributed by atoms with E-state index in [0.29, 0.717) is 30.1 Å². The minimum absolute atomic E-state index is 0.124. The van der Waals surface area contributed by atoms with Crippen molar-refractivity contribution in [2.24, 2.45) is 0 Å². The summed E-state index contributed by atoms with van der Waals surface area (Å²) in [6.07, 6.45) is 2.14. The van der Waals surface area contributed by atoms with Crippen molar-refractivity contribution in [1.29, 1.82) is 5.26 Å². The van der Waals surface area contributed by atoms with Gasteiger partial charge in [0.05, 0.1) is 17.2 Å². The topological polar surface area (TPSA) is 109 Å². The summed E-state index contributed by atoms with van der Waals surface area (Å²) in [7, 11) is 0. The molecule has 0 atom stereocenters. The predicted molar refractivity (Wildman–Crippen MR) is 109 cm³/mol. The first-order chi connectivity index (χ1) is 14.3. The van der Waals surface area contributed by atoms with E-state index in [9.17, 15) is 14.4 Å². The van der Waals surface area contributed by atoms with Crippen LogP contribution in [0.25, 0.3) is 17.4 Å². The highest BCUT2D eigenvalue weighted by Crippen LogP contribution is 2.29. The van der Waals surface area contributed by atoms with E-state index in [2.05, 4.69) is 5.32 Å². The Kier molecular flexibility index (Phi) is 6.19. The Morgan fingerprint density at radius 1 is 1.27 bits per heavy atom. The number of nitrogens with zero attached hydrogens (tertiary/aromatic N) is 1. The van der Waals surface area contributed by atoms with E-state index in [4.69, 9.17) is 26.0 Å². The van der Waals surface area contributed by atoms with E-state index in [1.807, 2.05) is 6.92 Å². The number of nitrogens with one attached hydrogen (secondary N) is 1. The lowest BCUT2D eigenvalue weighted by molar-refractivity contribution is -0.126. The maximum Gasteiger partial charge on any atom is 0.339 e. The number of rotatable bonds is 5. The lowest BCUT2D eigenvalue weighted by atomic mass is 9.96. The molecule has 1 aromatic heterocycles. The molecule has 2 aromatic rings. The van der Waals surface area contributed by atoms with Gasteiger partial charge in [-0.3, -0.25) is 14.9 Å². The lowest BCUT2D eigenvalue weighted by Gasteiger charge is -2.15. The minimum atomic E-state index is -0.721. The van der Waals surface area contributed by atoms with Gasteiger partial charge in [0, 0.05) is 11.1 Å². The average Bonchev–Trinajstić information content (AvgIpc) is 3.18. The predicted octanol–water partition coefficient (Wildman–Crippen LogP) is 4.05. The Hall–Kier alpha value is -3.63. The normalized spacial score (nSPS) is 15.2. The monoisotopic (exact) mass is 424 g/mol. The Bertz CT molecular complexity index is 1150. The van der Waals surface area contributed by atoms with Crippen molar-refractivity contribution >= 4 is 35.5 Å². The standard InChI is InChI=1S/C22H17ClN2O5/c1-3-8-29-22(28)16-9-13(4-6-18(16)23)19-7-5-14(30-19)10-15-12(2)17(11-24)21(27)25-20(15)26/h4-7,9-10H,3,8H2,1-2H3,(H,25,26,27)/b15-10-. The third-order valence-electron chi connectivity index (χ3n) is 4.41. The zero-order valence-corrected chi connectivity index (χ0v) is 17.0. The number of imide groups is 1. The van der Waals surface area contributed by atoms with Crippen LogP contribution in [0.2, 0.25) is 5.02 Å². The van der Waals surface area contributed by atoms with Gasteiger partial charge in [-0.15, -0.1) is 0 Å². The number of furan rings is 1. The Labute approximate surface area is 177 Å². The summed E-state index contributed by atoms with van der Waals surface area (Å²) >= 11 is 6.12. The van der Waals surface area contributed by atoms with Crippen LogP contribution in [-0.2, 0) is 14.3 Å². The first-order valence-electron chi connectivity index (χ1n) is 9.11. The van der Waals surface area contributed by atoms with Crippen molar-refractivity contribution in [2.45, 2.75) is 20.3 Å². The number of benzene rings is 1. The van der Waals surface area contributed by atoms with Crippen LogP contribution in [0.3, 0.4) is 0 Å². The number of hydrogen-bond donors (Lipinski definition) is 1. The molecule has 0 radical (unpaired) electrons. The first kappa shape index (κ1) is 21.1. The second-order valence-electron chi connectivity index (χ2n) is 6.49. The first-order valence-corrected chi connectivity index (χ1v) is 9.49. The van der Waals surface area contributed by atoms with Crippen LogP contribution < -0.4 is 5.32 Å². The van der Waals surface area contributed by atoms with Crippen LogP contribution >= 0.6 is 11.6 Å². The molecule has 0 saturated heterocycles. The number of carbonyl (C=O) groups is 3. The molecular formula is C22H17ClN2O5. The summed E-state index contributed by atoms with van der Waals surface area (Å²) in [4.78, 5) is 36.0. The van der Waals surface area contributed by atoms with Crippen LogP contribution in [0.15, 0.2) is 51.5 Å². The van der Waals surface area contributed by atoms with E-state index in [1.54, 1.807) is 36.4 Å². The third-order valence-corrected chi connectivity index (χ3v) is 4.74. The van der Waals surface area contributed by atoms with E-state index >= 15 is 0 Å². The molecule has 0 fully saturated rings. The minimum Gasteiger partial charge on any atom is -0.462 e. The van der Waals surface area contributed by atoms with Crippen molar-refractivity contribution in [2.75, 3.05) is 6.61 Å². The van der Waals surface area contributed by atoms with E-state index in [-0.39, 0.29) is 27.3 Å². The summed E-state index contributed by atoms with van der Waals surface area (Å²) in [6, 6.07) is 9.94. The fourth-order valence-corrected chi connectivity index (χ4v) is 3.05. The summed E-state index contributed by atoms with van der Waals surface area (Å²) in [5.41, 5.74) is 1.13.